The molecule has 2 fully saturated rings. The van der Waals surface area contributed by atoms with Gasteiger partial charge in [0.05, 0.1) is 18.3 Å². The number of ether oxygens (including phenoxy) is 3. The Morgan fingerprint density at radius 1 is 1.08 bits per heavy atom. The Balaban J connectivity index is 1.56. The zero-order chi connectivity index (χ0) is 18.4. The molecule has 1 aliphatic heterocycles. The van der Waals surface area contributed by atoms with Gasteiger partial charge < -0.3 is 24.4 Å². The molecule has 1 saturated carbocycles. The molecule has 0 amide bonds. The topological polar surface area (TPSA) is 68.2 Å². The zero-order valence-electron chi connectivity index (χ0n) is 16.4. The van der Waals surface area contributed by atoms with E-state index in [2.05, 4.69) is 13.8 Å². The highest BCUT2D eigenvalue weighted by Gasteiger charge is 2.38. The standard InChI is InChI=1S/C20H38O5/c1-5-15(6-2)11-23-12-17-9-16(17)8-7-13(3)24-20-19(22)10-18(21)14(4)25-20/h13-22H,5-12H2,1-4H3/t13-,14+,16+,17+,18-,19-,20-/m1/s1. The highest BCUT2D eigenvalue weighted by Crippen LogP contribution is 2.42. The van der Waals surface area contributed by atoms with Crippen LogP contribution < -0.4 is 0 Å². The minimum atomic E-state index is -0.749. The highest BCUT2D eigenvalue weighted by atomic mass is 16.7. The number of hydrogen-bond acceptors (Lipinski definition) is 5. The van der Waals surface area contributed by atoms with Gasteiger partial charge in [0.25, 0.3) is 0 Å². The average Bonchev–Trinajstić information content (AvgIpc) is 3.33. The summed E-state index contributed by atoms with van der Waals surface area (Å²) in [4.78, 5) is 0. The van der Waals surface area contributed by atoms with Crippen LogP contribution in [-0.4, -0.2) is 54.1 Å². The predicted molar refractivity (Wildman–Crippen MR) is 97.2 cm³/mol. The zero-order valence-corrected chi connectivity index (χ0v) is 16.4. The van der Waals surface area contributed by atoms with Crippen LogP contribution in [-0.2, 0) is 14.2 Å². The van der Waals surface area contributed by atoms with Gasteiger partial charge in [-0.05, 0) is 50.9 Å². The molecule has 0 radical (unpaired) electrons. The minimum absolute atomic E-state index is 0.0498. The Kier molecular flexibility index (Phi) is 8.62. The third kappa shape index (κ3) is 6.79. The molecule has 0 aromatic heterocycles. The Morgan fingerprint density at radius 2 is 1.80 bits per heavy atom. The first-order valence-corrected chi connectivity index (χ1v) is 10.2. The molecule has 1 saturated heterocycles. The Labute approximate surface area is 153 Å². The molecule has 1 aliphatic carbocycles. The van der Waals surface area contributed by atoms with Crippen molar-refractivity contribution in [2.75, 3.05) is 13.2 Å². The quantitative estimate of drug-likeness (QED) is 0.594. The van der Waals surface area contributed by atoms with Crippen molar-refractivity contribution in [3.8, 4) is 0 Å². The third-order valence-electron chi connectivity index (χ3n) is 5.91. The van der Waals surface area contributed by atoms with Crippen molar-refractivity contribution >= 4 is 0 Å². The van der Waals surface area contributed by atoms with Crippen molar-refractivity contribution in [1.82, 2.24) is 0 Å². The van der Waals surface area contributed by atoms with E-state index in [1.165, 1.54) is 19.3 Å². The second-order valence-electron chi connectivity index (χ2n) is 8.08. The van der Waals surface area contributed by atoms with Crippen molar-refractivity contribution in [3.63, 3.8) is 0 Å². The number of aliphatic hydroxyl groups is 2. The van der Waals surface area contributed by atoms with Gasteiger partial charge in [-0.25, -0.2) is 0 Å². The van der Waals surface area contributed by atoms with Crippen molar-refractivity contribution in [2.24, 2.45) is 17.8 Å². The SMILES string of the molecule is CCC(CC)COC[C@@H]1C[C@@H]1CC[C@@H](C)O[C@@H]1O[C@@H](C)[C@H](O)C[C@H]1O. The predicted octanol–water partition coefficient (Wildman–Crippen LogP) is 3.12. The van der Waals surface area contributed by atoms with Crippen LogP contribution in [0.3, 0.4) is 0 Å². The molecule has 0 aromatic carbocycles. The fraction of sp³-hybridized carbons (Fsp3) is 1.00. The molecule has 0 aromatic rings. The summed E-state index contributed by atoms with van der Waals surface area (Å²) < 4.78 is 17.3. The molecule has 2 rings (SSSR count). The molecule has 148 valence electrons. The first kappa shape index (κ1) is 21.1. The molecule has 25 heavy (non-hydrogen) atoms. The molecule has 5 heteroatoms. The van der Waals surface area contributed by atoms with Crippen LogP contribution in [0.1, 0.15) is 66.2 Å². The maximum Gasteiger partial charge on any atom is 0.184 e. The van der Waals surface area contributed by atoms with Gasteiger partial charge in [0, 0.05) is 19.6 Å². The summed E-state index contributed by atoms with van der Waals surface area (Å²) in [6, 6.07) is 0. The minimum Gasteiger partial charge on any atom is -0.390 e. The molecule has 2 aliphatic rings. The molecule has 2 N–H and O–H groups in total. The highest BCUT2D eigenvalue weighted by molar-refractivity contribution is 4.86. The fourth-order valence-corrected chi connectivity index (χ4v) is 3.59. The smallest absolute Gasteiger partial charge is 0.184 e. The van der Waals surface area contributed by atoms with E-state index in [0.29, 0.717) is 18.3 Å². The van der Waals surface area contributed by atoms with Crippen LogP contribution >= 0.6 is 0 Å². The number of rotatable bonds is 11. The fourth-order valence-electron chi connectivity index (χ4n) is 3.59. The number of hydrogen-bond donors (Lipinski definition) is 2. The van der Waals surface area contributed by atoms with E-state index in [4.69, 9.17) is 14.2 Å². The van der Waals surface area contributed by atoms with Crippen LogP contribution in [0.15, 0.2) is 0 Å². The van der Waals surface area contributed by atoms with Gasteiger partial charge in [-0.3, -0.25) is 0 Å². The van der Waals surface area contributed by atoms with Gasteiger partial charge in [-0.1, -0.05) is 26.7 Å². The number of aliphatic hydroxyl groups excluding tert-OH is 2. The summed E-state index contributed by atoms with van der Waals surface area (Å²) in [6.07, 6.45) is 3.87. The second kappa shape index (κ2) is 10.2. The van der Waals surface area contributed by atoms with Crippen LogP contribution in [0.2, 0.25) is 0 Å². The summed E-state index contributed by atoms with van der Waals surface area (Å²) >= 11 is 0. The summed E-state index contributed by atoms with van der Waals surface area (Å²) in [5, 5.41) is 19.7. The van der Waals surface area contributed by atoms with Gasteiger partial charge in [0.15, 0.2) is 6.29 Å². The van der Waals surface area contributed by atoms with Gasteiger partial charge in [0.2, 0.25) is 0 Å². The summed E-state index contributed by atoms with van der Waals surface area (Å²) in [7, 11) is 0. The molecule has 0 bridgehead atoms. The Bertz CT molecular complexity index is 373. The first-order chi connectivity index (χ1) is 11.9. The largest absolute Gasteiger partial charge is 0.390 e. The summed E-state index contributed by atoms with van der Waals surface area (Å²) in [5.74, 6) is 2.17. The van der Waals surface area contributed by atoms with Gasteiger partial charge in [-0.2, -0.15) is 0 Å². The van der Waals surface area contributed by atoms with E-state index in [0.717, 1.165) is 32.0 Å². The van der Waals surface area contributed by atoms with Crippen LogP contribution in [0.4, 0.5) is 0 Å². The molecule has 1 heterocycles. The second-order valence-corrected chi connectivity index (χ2v) is 8.08. The monoisotopic (exact) mass is 358 g/mol. The van der Waals surface area contributed by atoms with Gasteiger partial charge in [0.1, 0.15) is 6.10 Å². The van der Waals surface area contributed by atoms with Crippen LogP contribution in [0, 0.1) is 17.8 Å². The lowest BCUT2D eigenvalue weighted by atomic mass is 10.0. The summed E-state index contributed by atoms with van der Waals surface area (Å²) in [6.45, 7) is 10.1. The molecular weight excluding hydrogens is 320 g/mol. The van der Waals surface area contributed by atoms with E-state index >= 15 is 0 Å². The lowest BCUT2D eigenvalue weighted by Gasteiger charge is -2.36. The Morgan fingerprint density at radius 3 is 2.48 bits per heavy atom. The van der Waals surface area contributed by atoms with E-state index in [1.54, 1.807) is 0 Å². The van der Waals surface area contributed by atoms with E-state index in [9.17, 15) is 10.2 Å². The van der Waals surface area contributed by atoms with E-state index in [-0.39, 0.29) is 12.2 Å². The van der Waals surface area contributed by atoms with Crippen molar-refractivity contribution in [3.05, 3.63) is 0 Å². The molecule has 0 spiro atoms. The molecule has 7 atom stereocenters. The molecule has 5 nitrogen and oxygen atoms in total. The summed E-state index contributed by atoms with van der Waals surface area (Å²) in [5.41, 5.74) is 0. The van der Waals surface area contributed by atoms with Crippen LogP contribution in [0.5, 0.6) is 0 Å². The lowest BCUT2D eigenvalue weighted by Crippen LogP contribution is -2.48. The first-order valence-electron chi connectivity index (χ1n) is 10.2. The average molecular weight is 359 g/mol. The maximum atomic E-state index is 9.99. The van der Waals surface area contributed by atoms with E-state index < -0.39 is 18.5 Å². The third-order valence-corrected chi connectivity index (χ3v) is 5.91. The van der Waals surface area contributed by atoms with Crippen LogP contribution in [0.25, 0.3) is 0 Å². The van der Waals surface area contributed by atoms with Gasteiger partial charge >= 0.3 is 0 Å². The van der Waals surface area contributed by atoms with Crippen molar-refractivity contribution in [2.45, 2.75) is 96.9 Å². The van der Waals surface area contributed by atoms with Crippen molar-refractivity contribution < 1.29 is 24.4 Å². The maximum absolute atomic E-state index is 9.99. The Hall–Kier alpha value is -0.200. The van der Waals surface area contributed by atoms with Crippen molar-refractivity contribution in [1.29, 1.82) is 0 Å². The van der Waals surface area contributed by atoms with Gasteiger partial charge in [-0.15, -0.1) is 0 Å². The molecule has 0 unspecified atom stereocenters. The van der Waals surface area contributed by atoms with E-state index in [1.807, 2.05) is 13.8 Å². The molecular formula is C20H38O5. The lowest BCUT2D eigenvalue weighted by molar-refractivity contribution is -0.273. The normalized spacial score (nSPS) is 36.6.